The third-order valence-corrected chi connectivity index (χ3v) is 4.92. The fourth-order valence-electron chi connectivity index (χ4n) is 3.52. The topological polar surface area (TPSA) is 67.4 Å². The maximum Gasteiger partial charge on any atom is 0.313 e. The quantitative estimate of drug-likeness (QED) is 0.771. The summed E-state index contributed by atoms with van der Waals surface area (Å²) in [5.74, 6) is 0.252. The minimum absolute atomic E-state index is 0. The Hall–Kier alpha value is -0.810. The number of hydrogen-bond donors (Lipinski definition) is 2. The van der Waals surface area contributed by atoms with Gasteiger partial charge in [-0.25, -0.2) is 0 Å². The van der Waals surface area contributed by atoms with Crippen LogP contribution in [0.25, 0.3) is 0 Å². The first kappa shape index (κ1) is 18.2. The molecule has 1 saturated heterocycles. The molecule has 5 nitrogen and oxygen atoms in total. The fraction of sp³-hybridized carbons (Fsp3) is 0.867. The molecule has 0 aromatic rings. The van der Waals surface area contributed by atoms with Gasteiger partial charge in [-0.3, -0.25) is 9.59 Å². The lowest BCUT2D eigenvalue weighted by Gasteiger charge is -2.37. The van der Waals surface area contributed by atoms with E-state index in [-0.39, 0.29) is 29.7 Å². The Morgan fingerprint density at radius 2 is 2.10 bits per heavy atom. The van der Waals surface area contributed by atoms with Gasteiger partial charge in [0.25, 0.3) is 0 Å². The number of carbonyl (C=O) groups excluding carboxylic acids is 2. The van der Waals surface area contributed by atoms with Gasteiger partial charge in [-0.2, -0.15) is 0 Å². The van der Waals surface area contributed by atoms with Crippen LogP contribution in [-0.4, -0.2) is 38.6 Å². The summed E-state index contributed by atoms with van der Waals surface area (Å²) in [5, 5.41) is 6.35. The van der Waals surface area contributed by atoms with Gasteiger partial charge in [-0.1, -0.05) is 12.8 Å². The smallest absolute Gasteiger partial charge is 0.313 e. The van der Waals surface area contributed by atoms with Crippen molar-refractivity contribution >= 4 is 24.3 Å². The van der Waals surface area contributed by atoms with Gasteiger partial charge in [0.2, 0.25) is 5.91 Å². The number of hydrogen-bond acceptors (Lipinski definition) is 4. The molecule has 6 heteroatoms. The lowest BCUT2D eigenvalue weighted by atomic mass is 9.67. The molecule has 1 aliphatic heterocycles. The van der Waals surface area contributed by atoms with Crippen molar-refractivity contribution in [3.05, 3.63) is 0 Å². The standard InChI is InChI=1S/C15H26N2O3.ClH/c1-14(2,13(19)20-3)9-17-12(18)15-7-5-4-6-11(15)8-16-10-15;/h11,16H,4-10H2,1-3H3,(H,17,18);1H/t11-,15+;/m0./s1. The van der Waals surface area contributed by atoms with E-state index in [2.05, 4.69) is 10.6 Å². The molecule has 122 valence electrons. The highest BCUT2D eigenvalue weighted by atomic mass is 35.5. The predicted molar refractivity (Wildman–Crippen MR) is 83.3 cm³/mol. The van der Waals surface area contributed by atoms with Gasteiger partial charge in [0.05, 0.1) is 17.9 Å². The largest absolute Gasteiger partial charge is 0.469 e. The van der Waals surface area contributed by atoms with Crippen molar-refractivity contribution in [2.45, 2.75) is 39.5 Å². The summed E-state index contributed by atoms with van der Waals surface area (Å²) >= 11 is 0. The van der Waals surface area contributed by atoms with Crippen LogP contribution in [0.15, 0.2) is 0 Å². The van der Waals surface area contributed by atoms with E-state index < -0.39 is 5.41 Å². The SMILES string of the molecule is COC(=O)C(C)(C)CNC(=O)[C@@]12CCCC[C@H]1CNC2.Cl. The number of esters is 1. The number of methoxy groups -OCH3 is 1. The molecule has 2 fully saturated rings. The van der Waals surface area contributed by atoms with E-state index >= 15 is 0 Å². The first-order valence-electron chi connectivity index (χ1n) is 7.50. The molecule has 0 radical (unpaired) electrons. The minimum atomic E-state index is -0.683. The molecule has 0 aromatic heterocycles. The average molecular weight is 319 g/mol. The molecule has 2 N–H and O–H groups in total. The van der Waals surface area contributed by atoms with Crippen LogP contribution in [0, 0.1) is 16.7 Å². The van der Waals surface area contributed by atoms with Crippen molar-refractivity contribution in [2.24, 2.45) is 16.7 Å². The van der Waals surface area contributed by atoms with E-state index in [0.717, 1.165) is 32.4 Å². The Morgan fingerprint density at radius 1 is 1.38 bits per heavy atom. The van der Waals surface area contributed by atoms with Gasteiger partial charge in [0.1, 0.15) is 0 Å². The van der Waals surface area contributed by atoms with Crippen molar-refractivity contribution in [1.29, 1.82) is 0 Å². The van der Waals surface area contributed by atoms with Gasteiger partial charge in [-0.15, -0.1) is 12.4 Å². The molecule has 0 bridgehead atoms. The molecule has 1 saturated carbocycles. The Morgan fingerprint density at radius 3 is 2.76 bits per heavy atom. The number of amides is 1. The molecule has 0 unspecified atom stereocenters. The molecule has 1 heterocycles. The van der Waals surface area contributed by atoms with E-state index in [1.54, 1.807) is 13.8 Å². The van der Waals surface area contributed by atoms with Crippen molar-refractivity contribution < 1.29 is 14.3 Å². The van der Waals surface area contributed by atoms with E-state index in [1.165, 1.54) is 13.5 Å². The van der Waals surface area contributed by atoms with E-state index in [9.17, 15) is 9.59 Å². The third kappa shape index (κ3) is 3.51. The third-order valence-electron chi connectivity index (χ3n) is 4.92. The molecule has 2 atom stereocenters. The van der Waals surface area contributed by atoms with Gasteiger partial charge >= 0.3 is 5.97 Å². The Labute approximate surface area is 133 Å². The molecule has 0 spiro atoms. The minimum Gasteiger partial charge on any atom is -0.469 e. The number of rotatable bonds is 4. The van der Waals surface area contributed by atoms with Gasteiger partial charge in [-0.05, 0) is 39.2 Å². The summed E-state index contributed by atoms with van der Waals surface area (Å²) in [7, 11) is 1.38. The van der Waals surface area contributed by atoms with Crippen LogP contribution in [0.2, 0.25) is 0 Å². The van der Waals surface area contributed by atoms with Crippen LogP contribution < -0.4 is 10.6 Å². The number of fused-ring (bicyclic) bond motifs is 1. The Kier molecular flexibility index (Phi) is 6.05. The van der Waals surface area contributed by atoms with Crippen LogP contribution in [0.4, 0.5) is 0 Å². The first-order chi connectivity index (χ1) is 9.42. The van der Waals surface area contributed by atoms with Crippen molar-refractivity contribution in [3.8, 4) is 0 Å². The first-order valence-corrected chi connectivity index (χ1v) is 7.50. The zero-order valence-corrected chi connectivity index (χ0v) is 14.0. The number of halogens is 1. The lowest BCUT2D eigenvalue weighted by Crippen LogP contribution is -2.50. The predicted octanol–water partition coefficient (Wildman–Crippen LogP) is 1.50. The average Bonchev–Trinajstić information content (AvgIpc) is 2.88. The van der Waals surface area contributed by atoms with Gasteiger partial charge < -0.3 is 15.4 Å². The second-order valence-corrected chi connectivity index (χ2v) is 6.79. The Bertz CT molecular complexity index is 400. The maximum absolute atomic E-state index is 12.7. The van der Waals surface area contributed by atoms with Crippen LogP contribution in [0.3, 0.4) is 0 Å². The second-order valence-electron chi connectivity index (χ2n) is 6.79. The second kappa shape index (κ2) is 6.97. The van der Waals surface area contributed by atoms with E-state index in [0.29, 0.717) is 12.5 Å². The van der Waals surface area contributed by atoms with Crippen LogP contribution in [0.1, 0.15) is 39.5 Å². The number of carbonyl (C=O) groups is 2. The number of ether oxygens (including phenoxy) is 1. The maximum atomic E-state index is 12.7. The fourth-order valence-corrected chi connectivity index (χ4v) is 3.52. The molecule has 21 heavy (non-hydrogen) atoms. The van der Waals surface area contributed by atoms with E-state index in [4.69, 9.17) is 4.74 Å². The zero-order valence-electron chi connectivity index (χ0n) is 13.2. The van der Waals surface area contributed by atoms with Gasteiger partial charge in [0, 0.05) is 13.1 Å². The van der Waals surface area contributed by atoms with E-state index in [1.807, 2.05) is 0 Å². The normalized spacial score (nSPS) is 28.2. The monoisotopic (exact) mass is 318 g/mol. The summed E-state index contributed by atoms with van der Waals surface area (Å²) in [5.41, 5.74) is -0.943. The molecule has 0 aromatic carbocycles. The van der Waals surface area contributed by atoms with Crippen molar-refractivity contribution in [3.63, 3.8) is 0 Å². The number of nitrogens with one attached hydrogen (secondary N) is 2. The van der Waals surface area contributed by atoms with Crippen LogP contribution in [-0.2, 0) is 14.3 Å². The van der Waals surface area contributed by atoms with Crippen LogP contribution in [0.5, 0.6) is 0 Å². The highest BCUT2D eigenvalue weighted by Crippen LogP contribution is 2.43. The summed E-state index contributed by atoms with van der Waals surface area (Å²) in [6, 6.07) is 0. The summed E-state index contributed by atoms with van der Waals surface area (Å²) < 4.78 is 4.78. The van der Waals surface area contributed by atoms with Crippen molar-refractivity contribution in [2.75, 3.05) is 26.7 Å². The van der Waals surface area contributed by atoms with Gasteiger partial charge in [0.15, 0.2) is 0 Å². The molecule has 2 aliphatic rings. The highest BCUT2D eigenvalue weighted by Gasteiger charge is 2.50. The van der Waals surface area contributed by atoms with Crippen molar-refractivity contribution in [1.82, 2.24) is 10.6 Å². The summed E-state index contributed by atoms with van der Waals surface area (Å²) in [4.78, 5) is 24.3. The Balaban J connectivity index is 0.00000220. The zero-order chi connectivity index (χ0) is 14.8. The molecule has 1 amide bonds. The molecule has 2 rings (SSSR count). The summed E-state index contributed by atoms with van der Waals surface area (Å²) in [6.45, 7) is 5.62. The highest BCUT2D eigenvalue weighted by molar-refractivity contribution is 5.85. The molecular formula is C15H27ClN2O3. The van der Waals surface area contributed by atoms with Crippen LogP contribution >= 0.6 is 12.4 Å². The molecular weight excluding hydrogens is 292 g/mol. The lowest BCUT2D eigenvalue weighted by molar-refractivity contribution is -0.151. The molecule has 1 aliphatic carbocycles. The summed E-state index contributed by atoms with van der Waals surface area (Å²) in [6.07, 6.45) is 4.41.